The Morgan fingerprint density at radius 1 is 1.62 bits per heavy atom. The Hall–Kier alpha value is -0.740. The molecule has 0 N–H and O–H groups in total. The largest absolute Gasteiger partial charge is 0.381 e. The van der Waals surface area contributed by atoms with E-state index in [9.17, 15) is 18.5 Å². The molecule has 0 amide bonds. The number of nitrogens with zero attached hydrogens (tertiary/aromatic N) is 2. The molecule has 1 aliphatic rings. The predicted octanol–water partition coefficient (Wildman–Crippen LogP) is 2.36. The van der Waals surface area contributed by atoms with E-state index < -0.39 is 14.9 Å². The molecule has 1 unspecified atom stereocenters. The van der Waals surface area contributed by atoms with E-state index in [1.54, 1.807) is 6.92 Å². The molecule has 0 radical (unpaired) electrons. The highest BCUT2D eigenvalue weighted by molar-refractivity contribution is 7.91. The third-order valence-corrected chi connectivity index (χ3v) is 7.00. The number of rotatable bonds is 6. The Morgan fingerprint density at radius 3 is 2.81 bits per heavy atom. The van der Waals surface area contributed by atoms with E-state index in [4.69, 9.17) is 16.3 Å². The van der Waals surface area contributed by atoms with E-state index in [1.807, 2.05) is 0 Å². The van der Waals surface area contributed by atoms with E-state index in [-0.39, 0.29) is 20.2 Å². The van der Waals surface area contributed by atoms with Crippen molar-refractivity contribution in [1.82, 2.24) is 4.31 Å². The van der Waals surface area contributed by atoms with Gasteiger partial charge in [0, 0.05) is 25.8 Å². The minimum atomic E-state index is -3.77. The molecule has 10 heteroatoms. The first kappa shape index (κ1) is 16.6. The number of nitro groups is 1. The molecule has 7 nitrogen and oxygen atoms in total. The van der Waals surface area contributed by atoms with Crippen LogP contribution in [0.5, 0.6) is 0 Å². The SMILES string of the molecule is CCN(CC1CCOC1)S(=O)(=O)c1cc([N+](=O)[O-])c(Cl)s1. The minimum absolute atomic E-state index is 0.0973. The second kappa shape index (κ2) is 6.57. The van der Waals surface area contributed by atoms with Gasteiger partial charge in [0.2, 0.25) is 0 Å². The molecule has 0 spiro atoms. The van der Waals surface area contributed by atoms with Gasteiger partial charge in [-0.15, -0.1) is 11.3 Å². The van der Waals surface area contributed by atoms with Crippen molar-refractivity contribution in [1.29, 1.82) is 0 Å². The molecule has 1 saturated heterocycles. The standard InChI is InChI=1S/C11H15ClN2O5S2/c1-2-13(6-8-3-4-19-7-8)21(17,18)10-5-9(14(15)16)11(12)20-10/h5,8H,2-4,6-7H2,1H3. The molecule has 118 valence electrons. The Labute approximate surface area is 131 Å². The molecule has 1 atom stereocenters. The van der Waals surface area contributed by atoms with Crippen molar-refractivity contribution in [3.05, 3.63) is 20.5 Å². The van der Waals surface area contributed by atoms with Crippen LogP contribution in [-0.4, -0.2) is 43.9 Å². The number of halogens is 1. The molecule has 1 aliphatic heterocycles. The first-order valence-corrected chi connectivity index (χ1v) is 9.01. The maximum Gasteiger partial charge on any atom is 0.300 e. The molecule has 2 rings (SSSR count). The van der Waals surface area contributed by atoms with Crippen LogP contribution in [0.3, 0.4) is 0 Å². The zero-order valence-electron chi connectivity index (χ0n) is 11.3. The van der Waals surface area contributed by atoms with Crippen LogP contribution in [0, 0.1) is 16.0 Å². The van der Waals surface area contributed by atoms with E-state index >= 15 is 0 Å². The maximum absolute atomic E-state index is 12.6. The van der Waals surface area contributed by atoms with Crippen molar-refractivity contribution in [2.75, 3.05) is 26.3 Å². The van der Waals surface area contributed by atoms with Crippen molar-refractivity contribution < 1.29 is 18.1 Å². The predicted molar refractivity (Wildman–Crippen MR) is 79.3 cm³/mol. The zero-order chi connectivity index (χ0) is 15.6. The smallest absolute Gasteiger partial charge is 0.300 e. The maximum atomic E-state index is 12.6. The van der Waals surface area contributed by atoms with E-state index in [0.717, 1.165) is 12.5 Å². The van der Waals surface area contributed by atoms with Crippen LogP contribution < -0.4 is 0 Å². The highest BCUT2D eigenvalue weighted by Crippen LogP contribution is 2.37. The number of sulfonamides is 1. The fourth-order valence-electron chi connectivity index (χ4n) is 2.13. The van der Waals surface area contributed by atoms with Crippen molar-refractivity contribution in [2.24, 2.45) is 5.92 Å². The lowest BCUT2D eigenvalue weighted by atomic mass is 10.1. The van der Waals surface area contributed by atoms with Gasteiger partial charge in [0.1, 0.15) is 4.21 Å². The Kier molecular flexibility index (Phi) is 5.20. The summed E-state index contributed by atoms with van der Waals surface area (Å²) in [5.41, 5.74) is -0.375. The number of thiophene rings is 1. The summed E-state index contributed by atoms with van der Waals surface area (Å²) in [6.07, 6.45) is 0.817. The third kappa shape index (κ3) is 3.54. The molecular weight excluding hydrogens is 340 g/mol. The fraction of sp³-hybridized carbons (Fsp3) is 0.636. The quantitative estimate of drug-likeness (QED) is 0.577. The summed E-state index contributed by atoms with van der Waals surface area (Å²) in [7, 11) is -3.77. The van der Waals surface area contributed by atoms with Crippen molar-refractivity contribution in [3.63, 3.8) is 0 Å². The molecule has 0 saturated carbocycles. The van der Waals surface area contributed by atoms with Gasteiger partial charge < -0.3 is 4.74 Å². The Bertz CT molecular complexity index is 625. The van der Waals surface area contributed by atoms with Crippen LogP contribution in [0.2, 0.25) is 4.34 Å². The molecule has 1 aromatic rings. The van der Waals surface area contributed by atoms with E-state index in [1.165, 1.54) is 4.31 Å². The summed E-state index contributed by atoms with van der Waals surface area (Å²) < 4.78 is 31.4. The lowest BCUT2D eigenvalue weighted by Gasteiger charge is -2.22. The van der Waals surface area contributed by atoms with Crippen LogP contribution in [0.1, 0.15) is 13.3 Å². The van der Waals surface area contributed by atoms with Gasteiger partial charge in [-0.3, -0.25) is 10.1 Å². The van der Waals surface area contributed by atoms with Gasteiger partial charge >= 0.3 is 0 Å². The van der Waals surface area contributed by atoms with Gasteiger partial charge in [-0.2, -0.15) is 4.31 Å². The first-order valence-electron chi connectivity index (χ1n) is 6.38. The topological polar surface area (TPSA) is 89.8 Å². The van der Waals surface area contributed by atoms with Gasteiger partial charge in [-0.1, -0.05) is 18.5 Å². The van der Waals surface area contributed by atoms with Gasteiger partial charge in [-0.25, -0.2) is 8.42 Å². The molecule has 0 aliphatic carbocycles. The van der Waals surface area contributed by atoms with Crippen LogP contribution in [0.25, 0.3) is 0 Å². The normalized spacial score (nSPS) is 19.3. The van der Waals surface area contributed by atoms with Crippen LogP contribution in [0.15, 0.2) is 10.3 Å². The van der Waals surface area contributed by atoms with Crippen molar-refractivity contribution >= 4 is 38.6 Å². The molecule has 0 aromatic carbocycles. The van der Waals surface area contributed by atoms with Gasteiger partial charge in [0.15, 0.2) is 4.34 Å². The summed E-state index contributed by atoms with van der Waals surface area (Å²) in [6, 6.07) is 1.02. The zero-order valence-corrected chi connectivity index (χ0v) is 13.7. The van der Waals surface area contributed by atoms with Gasteiger partial charge in [0.25, 0.3) is 15.7 Å². The van der Waals surface area contributed by atoms with Crippen LogP contribution in [0.4, 0.5) is 5.69 Å². The monoisotopic (exact) mass is 354 g/mol. The lowest BCUT2D eigenvalue weighted by molar-refractivity contribution is -0.384. The molecule has 0 bridgehead atoms. The summed E-state index contributed by atoms with van der Waals surface area (Å²) in [6.45, 7) is 3.55. The molecule has 1 fully saturated rings. The minimum Gasteiger partial charge on any atom is -0.381 e. The van der Waals surface area contributed by atoms with Crippen molar-refractivity contribution in [2.45, 2.75) is 17.6 Å². The van der Waals surface area contributed by atoms with Gasteiger partial charge in [0.05, 0.1) is 11.5 Å². The Balaban J connectivity index is 2.25. The second-order valence-electron chi connectivity index (χ2n) is 4.67. The molecule has 1 aromatic heterocycles. The lowest BCUT2D eigenvalue weighted by Crippen LogP contribution is -2.35. The molecular formula is C11H15ClN2O5S2. The van der Waals surface area contributed by atoms with Crippen LogP contribution >= 0.6 is 22.9 Å². The highest BCUT2D eigenvalue weighted by atomic mass is 35.5. The van der Waals surface area contributed by atoms with Crippen molar-refractivity contribution in [3.8, 4) is 0 Å². The third-order valence-electron chi connectivity index (χ3n) is 3.28. The number of ether oxygens (including phenoxy) is 1. The summed E-state index contributed by atoms with van der Waals surface area (Å²) in [5, 5.41) is 10.8. The highest BCUT2D eigenvalue weighted by Gasteiger charge is 2.32. The second-order valence-corrected chi connectivity index (χ2v) is 8.49. The Morgan fingerprint density at radius 2 is 2.33 bits per heavy atom. The summed E-state index contributed by atoms with van der Waals surface area (Å²) >= 11 is 6.45. The summed E-state index contributed by atoms with van der Waals surface area (Å²) in [4.78, 5) is 10.1. The molecule has 2 heterocycles. The fourth-order valence-corrected chi connectivity index (χ4v) is 5.47. The van der Waals surface area contributed by atoms with Crippen LogP contribution in [-0.2, 0) is 14.8 Å². The molecule has 21 heavy (non-hydrogen) atoms. The summed E-state index contributed by atoms with van der Waals surface area (Å²) in [5.74, 6) is 0.158. The van der Waals surface area contributed by atoms with Gasteiger partial charge in [-0.05, 0) is 12.3 Å². The van der Waals surface area contributed by atoms with E-state index in [2.05, 4.69) is 0 Å². The number of hydrogen-bond acceptors (Lipinski definition) is 6. The average Bonchev–Trinajstić information content (AvgIpc) is 3.04. The number of hydrogen-bond donors (Lipinski definition) is 0. The van der Waals surface area contributed by atoms with E-state index in [0.29, 0.717) is 37.6 Å². The first-order chi connectivity index (χ1) is 9.86. The average molecular weight is 355 g/mol.